The number of benzene rings is 2. The average molecular weight is 380 g/mol. The van der Waals surface area contributed by atoms with Crippen molar-refractivity contribution in [2.45, 2.75) is 32.7 Å². The summed E-state index contributed by atoms with van der Waals surface area (Å²) in [6.07, 6.45) is 2.22. The highest BCUT2D eigenvalue weighted by atomic mass is 16.5. The molecule has 148 valence electrons. The van der Waals surface area contributed by atoms with Crippen molar-refractivity contribution < 1.29 is 14.3 Å². The van der Waals surface area contributed by atoms with Gasteiger partial charge in [-0.2, -0.15) is 0 Å². The van der Waals surface area contributed by atoms with Crippen molar-refractivity contribution in [3.8, 4) is 5.75 Å². The Bertz CT molecular complexity index is 809. The van der Waals surface area contributed by atoms with Crippen molar-refractivity contribution >= 4 is 11.8 Å². The summed E-state index contributed by atoms with van der Waals surface area (Å²) in [5.74, 6) is 1.23. The molecule has 1 aliphatic heterocycles. The van der Waals surface area contributed by atoms with Gasteiger partial charge in [0.2, 0.25) is 5.91 Å². The first-order chi connectivity index (χ1) is 13.6. The van der Waals surface area contributed by atoms with Crippen LogP contribution in [-0.2, 0) is 11.3 Å². The molecule has 1 aliphatic rings. The number of aryl methyl sites for hydroxylation is 1. The smallest absolute Gasteiger partial charge is 0.253 e. The standard InChI is InChI=1S/C23H28N2O3/c1-17-7-9-19(10-8-17)23(27)25-13-11-18(12-14-25)15-22(26)24-16-20-5-3-4-6-21(20)28-2/h3-10,18H,11-16H2,1-2H3,(H,24,26). The average Bonchev–Trinajstić information content (AvgIpc) is 2.73. The number of nitrogens with one attached hydrogen (secondary N) is 1. The van der Waals surface area contributed by atoms with Crippen molar-refractivity contribution in [3.63, 3.8) is 0 Å². The van der Waals surface area contributed by atoms with E-state index >= 15 is 0 Å². The van der Waals surface area contributed by atoms with Crippen LogP contribution in [0.25, 0.3) is 0 Å². The first-order valence-electron chi connectivity index (χ1n) is 9.81. The van der Waals surface area contributed by atoms with Gasteiger partial charge in [0, 0.05) is 37.2 Å². The number of para-hydroxylation sites is 1. The molecule has 2 aromatic carbocycles. The summed E-state index contributed by atoms with van der Waals surface area (Å²) in [5, 5.41) is 2.99. The summed E-state index contributed by atoms with van der Waals surface area (Å²) in [6.45, 7) is 3.89. The van der Waals surface area contributed by atoms with Crippen molar-refractivity contribution in [3.05, 3.63) is 65.2 Å². The first-order valence-corrected chi connectivity index (χ1v) is 9.81. The largest absolute Gasteiger partial charge is 0.496 e. The van der Waals surface area contributed by atoms with Crippen LogP contribution in [0.3, 0.4) is 0 Å². The summed E-state index contributed by atoms with van der Waals surface area (Å²) < 4.78 is 5.32. The zero-order valence-electron chi connectivity index (χ0n) is 16.6. The van der Waals surface area contributed by atoms with Crippen molar-refractivity contribution in [2.75, 3.05) is 20.2 Å². The molecule has 0 unspecified atom stereocenters. The third kappa shape index (κ3) is 5.12. The molecule has 1 heterocycles. The maximum Gasteiger partial charge on any atom is 0.253 e. The first kappa shape index (κ1) is 19.9. The maximum absolute atomic E-state index is 12.6. The molecule has 0 atom stereocenters. The van der Waals surface area contributed by atoms with Crippen LogP contribution >= 0.6 is 0 Å². The molecule has 5 nitrogen and oxygen atoms in total. The number of rotatable bonds is 6. The Morgan fingerprint density at radius 3 is 2.43 bits per heavy atom. The number of carbonyl (C=O) groups excluding carboxylic acids is 2. The van der Waals surface area contributed by atoms with Crippen molar-refractivity contribution in [2.24, 2.45) is 5.92 Å². The lowest BCUT2D eigenvalue weighted by Crippen LogP contribution is -2.39. The fourth-order valence-electron chi connectivity index (χ4n) is 3.60. The normalized spacial score (nSPS) is 14.6. The number of ether oxygens (including phenoxy) is 1. The molecule has 2 amide bonds. The molecule has 28 heavy (non-hydrogen) atoms. The highest BCUT2D eigenvalue weighted by Gasteiger charge is 2.25. The SMILES string of the molecule is COc1ccccc1CNC(=O)CC1CCN(C(=O)c2ccc(C)cc2)CC1. The minimum Gasteiger partial charge on any atom is -0.496 e. The molecule has 0 aliphatic carbocycles. The van der Waals surface area contributed by atoms with E-state index in [4.69, 9.17) is 4.74 Å². The number of hydrogen-bond donors (Lipinski definition) is 1. The van der Waals surface area contributed by atoms with Gasteiger partial charge in [0.1, 0.15) is 5.75 Å². The number of amides is 2. The van der Waals surface area contributed by atoms with Crippen LogP contribution in [0, 0.1) is 12.8 Å². The molecule has 1 fully saturated rings. The third-order valence-electron chi connectivity index (χ3n) is 5.34. The van der Waals surface area contributed by atoms with Gasteiger partial charge in [-0.1, -0.05) is 35.9 Å². The van der Waals surface area contributed by atoms with E-state index in [2.05, 4.69) is 5.32 Å². The molecule has 2 aromatic rings. The highest BCUT2D eigenvalue weighted by molar-refractivity contribution is 5.94. The molecule has 0 radical (unpaired) electrons. The molecule has 0 spiro atoms. The summed E-state index contributed by atoms with van der Waals surface area (Å²) in [4.78, 5) is 26.8. The van der Waals surface area contributed by atoms with Crippen LogP contribution in [0.4, 0.5) is 0 Å². The van der Waals surface area contributed by atoms with E-state index in [9.17, 15) is 9.59 Å². The van der Waals surface area contributed by atoms with Gasteiger partial charge in [0.15, 0.2) is 0 Å². The van der Waals surface area contributed by atoms with Crippen LogP contribution in [0.5, 0.6) is 5.75 Å². The zero-order chi connectivity index (χ0) is 19.9. The van der Waals surface area contributed by atoms with Gasteiger partial charge in [-0.3, -0.25) is 9.59 Å². The topological polar surface area (TPSA) is 58.6 Å². The van der Waals surface area contributed by atoms with Gasteiger partial charge in [0.25, 0.3) is 5.91 Å². The minimum atomic E-state index is 0.0502. The van der Waals surface area contributed by atoms with Gasteiger partial charge < -0.3 is 15.0 Å². The quantitative estimate of drug-likeness (QED) is 0.834. The van der Waals surface area contributed by atoms with E-state index in [1.165, 1.54) is 0 Å². The van der Waals surface area contributed by atoms with Crippen LogP contribution in [0.15, 0.2) is 48.5 Å². The van der Waals surface area contributed by atoms with Crippen molar-refractivity contribution in [1.29, 1.82) is 0 Å². The molecule has 1 saturated heterocycles. The summed E-state index contributed by atoms with van der Waals surface area (Å²) >= 11 is 0. The number of carbonyl (C=O) groups is 2. The van der Waals surface area contributed by atoms with Gasteiger partial charge in [0.05, 0.1) is 7.11 Å². The number of nitrogens with zero attached hydrogens (tertiary/aromatic N) is 1. The van der Waals surface area contributed by atoms with Gasteiger partial charge in [-0.15, -0.1) is 0 Å². The maximum atomic E-state index is 12.6. The zero-order valence-corrected chi connectivity index (χ0v) is 16.6. The van der Waals surface area contributed by atoms with Crippen LogP contribution < -0.4 is 10.1 Å². The molecular weight excluding hydrogens is 352 g/mol. The van der Waals surface area contributed by atoms with Crippen LogP contribution in [-0.4, -0.2) is 36.9 Å². The number of piperidine rings is 1. The van der Waals surface area contributed by atoms with E-state index < -0.39 is 0 Å². The molecular formula is C23H28N2O3. The van der Waals surface area contributed by atoms with E-state index in [1.54, 1.807) is 7.11 Å². The number of likely N-dealkylation sites (tertiary alicyclic amines) is 1. The molecule has 0 saturated carbocycles. The Balaban J connectivity index is 1.44. The second-order valence-corrected chi connectivity index (χ2v) is 7.39. The van der Waals surface area contributed by atoms with Crippen LogP contribution in [0.2, 0.25) is 0 Å². The second kappa shape index (κ2) is 9.40. The molecule has 0 bridgehead atoms. The van der Waals surface area contributed by atoms with Crippen LogP contribution in [0.1, 0.15) is 40.7 Å². The molecule has 3 rings (SSSR count). The lowest BCUT2D eigenvalue weighted by atomic mass is 9.92. The molecule has 1 N–H and O–H groups in total. The van der Waals surface area contributed by atoms with E-state index in [0.717, 1.165) is 35.3 Å². The predicted octanol–water partition coefficient (Wildman–Crippen LogP) is 3.56. The Morgan fingerprint density at radius 2 is 1.75 bits per heavy atom. The Kier molecular flexibility index (Phi) is 6.69. The van der Waals surface area contributed by atoms with E-state index in [0.29, 0.717) is 32.0 Å². The fourth-order valence-corrected chi connectivity index (χ4v) is 3.60. The molecule has 0 aromatic heterocycles. The lowest BCUT2D eigenvalue weighted by Gasteiger charge is -2.32. The highest BCUT2D eigenvalue weighted by Crippen LogP contribution is 2.22. The van der Waals surface area contributed by atoms with Gasteiger partial charge >= 0.3 is 0 Å². The van der Waals surface area contributed by atoms with Gasteiger partial charge in [-0.25, -0.2) is 0 Å². The Hall–Kier alpha value is -2.82. The molecule has 5 heteroatoms. The van der Waals surface area contributed by atoms with E-state index in [-0.39, 0.29) is 11.8 Å². The predicted molar refractivity (Wildman–Crippen MR) is 109 cm³/mol. The Morgan fingerprint density at radius 1 is 1.07 bits per heavy atom. The third-order valence-corrected chi connectivity index (χ3v) is 5.34. The van der Waals surface area contributed by atoms with Crippen molar-refractivity contribution in [1.82, 2.24) is 10.2 Å². The second-order valence-electron chi connectivity index (χ2n) is 7.39. The lowest BCUT2D eigenvalue weighted by molar-refractivity contribution is -0.122. The monoisotopic (exact) mass is 380 g/mol. The number of methoxy groups -OCH3 is 1. The number of hydrogen-bond acceptors (Lipinski definition) is 3. The summed E-state index contributed by atoms with van der Waals surface area (Å²) in [5.41, 5.74) is 2.85. The minimum absolute atomic E-state index is 0.0502. The summed E-state index contributed by atoms with van der Waals surface area (Å²) in [7, 11) is 1.63. The summed E-state index contributed by atoms with van der Waals surface area (Å²) in [6, 6.07) is 15.4. The Labute approximate surface area is 166 Å². The van der Waals surface area contributed by atoms with E-state index in [1.807, 2.05) is 60.4 Å². The fraction of sp³-hybridized carbons (Fsp3) is 0.391. The van der Waals surface area contributed by atoms with Gasteiger partial charge in [-0.05, 0) is 43.9 Å².